The third-order valence-corrected chi connectivity index (χ3v) is 2.58. The maximum atomic E-state index is 11.7. The summed E-state index contributed by atoms with van der Waals surface area (Å²) in [6.07, 6.45) is -1.74. The summed E-state index contributed by atoms with van der Waals surface area (Å²) in [6.45, 7) is -0.142. The van der Waals surface area contributed by atoms with E-state index in [2.05, 4.69) is 10.1 Å². The highest BCUT2D eigenvalue weighted by Crippen LogP contribution is 2.10. The molecule has 0 saturated carbocycles. The molecule has 19 heavy (non-hydrogen) atoms. The third kappa shape index (κ3) is 7.74. The van der Waals surface area contributed by atoms with E-state index in [1.54, 1.807) is 6.07 Å². The molecule has 0 heterocycles. The number of ether oxygens (including phenoxy) is 1. The fourth-order valence-corrected chi connectivity index (χ4v) is 1.68. The van der Waals surface area contributed by atoms with Crippen LogP contribution < -0.4 is 5.32 Å². The van der Waals surface area contributed by atoms with Gasteiger partial charge in [-0.15, -0.1) is 0 Å². The largest absolute Gasteiger partial charge is 0.375 e. The van der Waals surface area contributed by atoms with Crippen molar-refractivity contribution in [2.45, 2.75) is 19.3 Å². The van der Waals surface area contributed by atoms with Gasteiger partial charge in [0, 0.05) is 18.0 Å². The second-order valence-electron chi connectivity index (χ2n) is 3.95. The lowest BCUT2D eigenvalue weighted by Crippen LogP contribution is -2.26. The number of nitrogens with one attached hydrogen (secondary N) is 1. The summed E-state index contributed by atoms with van der Waals surface area (Å²) < 4.78 is 28.1. The molecule has 1 aromatic rings. The van der Waals surface area contributed by atoms with Crippen LogP contribution >= 0.6 is 11.6 Å². The number of hydrogen-bond acceptors (Lipinski definition) is 2. The molecule has 0 aromatic heterocycles. The maximum Gasteiger partial charge on any atom is 0.261 e. The quantitative estimate of drug-likeness (QED) is 0.748. The maximum absolute atomic E-state index is 11.7. The van der Waals surface area contributed by atoms with Gasteiger partial charge in [0.1, 0.15) is 6.61 Å². The van der Waals surface area contributed by atoms with Crippen LogP contribution in [0.4, 0.5) is 8.78 Å². The van der Waals surface area contributed by atoms with Crippen LogP contribution in [-0.2, 0) is 16.0 Å². The zero-order valence-corrected chi connectivity index (χ0v) is 11.1. The Kier molecular flexibility index (Phi) is 7.36. The summed E-state index contributed by atoms with van der Waals surface area (Å²) in [7, 11) is 0. The minimum Gasteiger partial charge on any atom is -0.375 e. The first-order valence-electron chi connectivity index (χ1n) is 5.95. The molecule has 1 amide bonds. The Hall–Kier alpha value is -1.20. The van der Waals surface area contributed by atoms with Crippen molar-refractivity contribution < 1.29 is 18.3 Å². The number of carbonyl (C=O) groups is 1. The minimum absolute atomic E-state index is 0.00728. The topological polar surface area (TPSA) is 38.3 Å². The summed E-state index contributed by atoms with van der Waals surface area (Å²) in [5.74, 6) is -0.212. The number of amides is 1. The molecular weight excluding hydrogens is 276 g/mol. The van der Waals surface area contributed by atoms with Crippen LogP contribution in [-0.4, -0.2) is 32.1 Å². The lowest BCUT2D eigenvalue weighted by molar-refractivity contribution is -0.122. The molecule has 0 saturated heterocycles. The molecule has 1 aromatic carbocycles. The van der Waals surface area contributed by atoms with Gasteiger partial charge in [0.05, 0.1) is 6.61 Å². The SMILES string of the molecule is O=C(CCOCC(F)F)NCCc1cccc(Cl)c1. The number of benzene rings is 1. The van der Waals surface area contributed by atoms with Crippen LogP contribution in [0.1, 0.15) is 12.0 Å². The van der Waals surface area contributed by atoms with Crippen LogP contribution in [0.25, 0.3) is 0 Å². The van der Waals surface area contributed by atoms with Gasteiger partial charge in [0.25, 0.3) is 6.43 Å². The van der Waals surface area contributed by atoms with Crippen LogP contribution in [0.3, 0.4) is 0 Å². The van der Waals surface area contributed by atoms with Crippen molar-refractivity contribution in [3.63, 3.8) is 0 Å². The van der Waals surface area contributed by atoms with Crippen molar-refractivity contribution in [2.75, 3.05) is 19.8 Å². The molecular formula is C13H16ClF2NO2. The zero-order valence-electron chi connectivity index (χ0n) is 10.4. The predicted molar refractivity (Wildman–Crippen MR) is 69.6 cm³/mol. The highest BCUT2D eigenvalue weighted by Gasteiger charge is 2.04. The number of carbonyl (C=O) groups excluding carboxylic acids is 1. The normalized spacial score (nSPS) is 10.7. The first-order chi connectivity index (χ1) is 9.08. The van der Waals surface area contributed by atoms with Crippen molar-refractivity contribution >= 4 is 17.5 Å². The molecule has 1 N–H and O–H groups in total. The standard InChI is InChI=1S/C13H16ClF2NO2/c14-11-3-1-2-10(8-11)4-6-17-13(18)5-7-19-9-12(15)16/h1-3,8,12H,4-7,9H2,(H,17,18). The molecule has 0 spiro atoms. The second-order valence-corrected chi connectivity index (χ2v) is 4.38. The molecule has 0 aliphatic heterocycles. The summed E-state index contributed by atoms with van der Waals surface area (Å²) in [5.41, 5.74) is 1.03. The molecule has 1 rings (SSSR count). The number of alkyl halides is 2. The van der Waals surface area contributed by atoms with Crippen molar-refractivity contribution in [1.82, 2.24) is 5.32 Å². The van der Waals surface area contributed by atoms with E-state index in [4.69, 9.17) is 11.6 Å². The van der Waals surface area contributed by atoms with Gasteiger partial charge in [0.2, 0.25) is 5.91 Å². The van der Waals surface area contributed by atoms with E-state index in [9.17, 15) is 13.6 Å². The van der Waals surface area contributed by atoms with Crippen molar-refractivity contribution in [2.24, 2.45) is 0 Å². The average Bonchev–Trinajstić information content (AvgIpc) is 2.34. The fourth-order valence-electron chi connectivity index (χ4n) is 1.46. The molecule has 0 fully saturated rings. The van der Waals surface area contributed by atoms with E-state index in [1.807, 2.05) is 18.2 Å². The highest BCUT2D eigenvalue weighted by atomic mass is 35.5. The van der Waals surface area contributed by atoms with Crippen LogP contribution in [0.15, 0.2) is 24.3 Å². The third-order valence-electron chi connectivity index (χ3n) is 2.34. The lowest BCUT2D eigenvalue weighted by Gasteiger charge is -2.06. The second kappa shape index (κ2) is 8.82. The molecule has 0 atom stereocenters. The van der Waals surface area contributed by atoms with Gasteiger partial charge in [-0.2, -0.15) is 0 Å². The molecule has 6 heteroatoms. The molecule has 0 aliphatic carbocycles. The first-order valence-corrected chi connectivity index (χ1v) is 6.33. The van der Waals surface area contributed by atoms with E-state index in [0.717, 1.165) is 5.56 Å². The molecule has 0 bridgehead atoms. The summed E-state index contributed by atoms with van der Waals surface area (Å²) in [4.78, 5) is 11.3. The molecule has 0 aliphatic rings. The Labute approximate surface area is 115 Å². The summed E-state index contributed by atoms with van der Waals surface area (Å²) in [5, 5.41) is 3.35. The Morgan fingerprint density at radius 2 is 2.21 bits per heavy atom. The summed E-state index contributed by atoms with van der Waals surface area (Å²) >= 11 is 5.83. The first kappa shape index (κ1) is 15.9. The zero-order chi connectivity index (χ0) is 14.1. The average molecular weight is 292 g/mol. The van der Waals surface area contributed by atoms with Crippen molar-refractivity contribution in [3.8, 4) is 0 Å². The molecule has 0 unspecified atom stereocenters. The van der Waals surface area contributed by atoms with E-state index >= 15 is 0 Å². The van der Waals surface area contributed by atoms with Crippen molar-refractivity contribution in [1.29, 1.82) is 0 Å². The Bertz CT molecular complexity index is 402. The molecule has 3 nitrogen and oxygen atoms in total. The van der Waals surface area contributed by atoms with Crippen molar-refractivity contribution in [3.05, 3.63) is 34.9 Å². The minimum atomic E-state index is -2.49. The Morgan fingerprint density at radius 3 is 2.89 bits per heavy atom. The van der Waals surface area contributed by atoms with Gasteiger partial charge in [-0.05, 0) is 24.1 Å². The Morgan fingerprint density at radius 1 is 1.42 bits per heavy atom. The lowest BCUT2D eigenvalue weighted by atomic mass is 10.1. The smallest absolute Gasteiger partial charge is 0.261 e. The van der Waals surface area contributed by atoms with Gasteiger partial charge in [-0.1, -0.05) is 23.7 Å². The molecule has 106 valence electrons. The predicted octanol–water partition coefficient (Wildman–Crippen LogP) is 2.67. The summed E-state index contributed by atoms with van der Waals surface area (Å²) in [6, 6.07) is 7.38. The van der Waals surface area contributed by atoms with Crippen LogP contribution in [0.2, 0.25) is 5.02 Å². The van der Waals surface area contributed by atoms with Gasteiger partial charge in [0.15, 0.2) is 0 Å². The van der Waals surface area contributed by atoms with E-state index in [0.29, 0.717) is 18.0 Å². The van der Waals surface area contributed by atoms with Crippen LogP contribution in [0.5, 0.6) is 0 Å². The fraction of sp³-hybridized carbons (Fsp3) is 0.462. The number of halogens is 3. The van der Waals surface area contributed by atoms with Gasteiger partial charge >= 0.3 is 0 Å². The number of rotatable bonds is 8. The van der Waals surface area contributed by atoms with Gasteiger partial charge < -0.3 is 10.1 Å². The Balaban J connectivity index is 2.10. The monoisotopic (exact) mass is 291 g/mol. The van der Waals surface area contributed by atoms with E-state index in [1.165, 1.54) is 0 Å². The van der Waals surface area contributed by atoms with Gasteiger partial charge in [-0.3, -0.25) is 4.79 Å². The van der Waals surface area contributed by atoms with E-state index < -0.39 is 13.0 Å². The van der Waals surface area contributed by atoms with E-state index in [-0.39, 0.29) is 18.9 Å². The van der Waals surface area contributed by atoms with Crippen LogP contribution in [0, 0.1) is 0 Å². The van der Waals surface area contributed by atoms with Gasteiger partial charge in [-0.25, -0.2) is 8.78 Å². The highest BCUT2D eigenvalue weighted by molar-refractivity contribution is 6.30. The number of hydrogen-bond donors (Lipinski definition) is 1. The molecule has 0 radical (unpaired) electrons.